The van der Waals surface area contributed by atoms with Crippen LogP contribution in [0.4, 0.5) is 0 Å². The summed E-state index contributed by atoms with van der Waals surface area (Å²) >= 11 is 0. The van der Waals surface area contributed by atoms with E-state index in [1.165, 1.54) is 10.7 Å². The molecule has 3 aromatic rings. The van der Waals surface area contributed by atoms with Crippen molar-refractivity contribution in [2.45, 2.75) is 20.8 Å². The fourth-order valence-corrected chi connectivity index (χ4v) is 1.99. The van der Waals surface area contributed by atoms with E-state index in [0.29, 0.717) is 11.5 Å². The first kappa shape index (κ1) is 13.9. The first-order chi connectivity index (χ1) is 10.5. The van der Waals surface area contributed by atoms with Crippen LogP contribution in [-0.4, -0.2) is 31.7 Å². The molecule has 1 amide bonds. The van der Waals surface area contributed by atoms with Gasteiger partial charge in [0.2, 0.25) is 5.82 Å². The van der Waals surface area contributed by atoms with Gasteiger partial charge in [0.25, 0.3) is 5.78 Å². The molecule has 3 rings (SSSR count). The molecule has 0 atom stereocenters. The highest BCUT2D eigenvalue weighted by atomic mass is 16.3. The van der Waals surface area contributed by atoms with Crippen LogP contribution in [-0.2, 0) is 0 Å². The monoisotopic (exact) mass is 298 g/mol. The number of carbonyl (C=O) groups excluding carboxylic acids is 1. The summed E-state index contributed by atoms with van der Waals surface area (Å²) in [5.41, 5.74) is 4.02. The predicted molar refractivity (Wildman–Crippen MR) is 78.8 cm³/mol. The van der Waals surface area contributed by atoms with Gasteiger partial charge in [0.15, 0.2) is 0 Å². The van der Waals surface area contributed by atoms with E-state index in [9.17, 15) is 4.79 Å². The van der Waals surface area contributed by atoms with Gasteiger partial charge in [-0.15, -0.1) is 5.10 Å². The van der Waals surface area contributed by atoms with Gasteiger partial charge in [0.1, 0.15) is 11.5 Å². The normalized spacial score (nSPS) is 11.4. The Morgan fingerprint density at radius 1 is 1.32 bits per heavy atom. The van der Waals surface area contributed by atoms with E-state index in [4.69, 9.17) is 4.42 Å². The highest BCUT2D eigenvalue weighted by Crippen LogP contribution is 2.05. The van der Waals surface area contributed by atoms with E-state index in [2.05, 4.69) is 25.6 Å². The summed E-state index contributed by atoms with van der Waals surface area (Å²) < 4.78 is 6.82. The highest BCUT2D eigenvalue weighted by Gasteiger charge is 2.14. The van der Waals surface area contributed by atoms with Crippen molar-refractivity contribution in [3.63, 3.8) is 0 Å². The topological polar surface area (TPSA) is 97.7 Å². The standard InChI is InChI=1S/C14H14N6O2/c1-8-6-9(2)20-14(16-8)17-12(19-20)13(21)18-15-7-11-5-4-10(3)22-11/h4-7H,1-3H3,(H,18,21)/b15-7-. The van der Waals surface area contributed by atoms with Gasteiger partial charge in [-0.1, -0.05) is 0 Å². The molecule has 3 heterocycles. The second-order valence-electron chi connectivity index (χ2n) is 4.83. The molecule has 112 valence electrons. The van der Waals surface area contributed by atoms with Crippen LogP contribution in [0.5, 0.6) is 0 Å². The lowest BCUT2D eigenvalue weighted by atomic mass is 10.4. The number of rotatable bonds is 3. The van der Waals surface area contributed by atoms with Crippen LogP contribution in [0.1, 0.15) is 33.5 Å². The molecule has 0 radical (unpaired) electrons. The molecular weight excluding hydrogens is 284 g/mol. The Labute approximate surface area is 125 Å². The lowest BCUT2D eigenvalue weighted by Crippen LogP contribution is -2.19. The Hall–Kier alpha value is -3.03. The molecule has 0 aliphatic rings. The summed E-state index contributed by atoms with van der Waals surface area (Å²) in [7, 11) is 0. The van der Waals surface area contributed by atoms with Crippen LogP contribution in [0.25, 0.3) is 5.78 Å². The van der Waals surface area contributed by atoms with Crippen LogP contribution in [0.3, 0.4) is 0 Å². The number of amides is 1. The number of carbonyl (C=O) groups is 1. The molecule has 8 heteroatoms. The van der Waals surface area contributed by atoms with Crippen molar-refractivity contribution in [1.29, 1.82) is 0 Å². The number of hydrogen-bond acceptors (Lipinski definition) is 6. The van der Waals surface area contributed by atoms with E-state index >= 15 is 0 Å². The Kier molecular flexibility index (Phi) is 3.42. The predicted octanol–water partition coefficient (Wildman–Crippen LogP) is 1.41. The minimum atomic E-state index is -0.512. The first-order valence-corrected chi connectivity index (χ1v) is 6.64. The molecule has 0 fully saturated rings. The fourth-order valence-electron chi connectivity index (χ4n) is 1.99. The Balaban J connectivity index is 1.77. The van der Waals surface area contributed by atoms with Crippen molar-refractivity contribution in [1.82, 2.24) is 25.0 Å². The third kappa shape index (κ3) is 2.71. The molecule has 0 saturated carbocycles. The number of furan rings is 1. The van der Waals surface area contributed by atoms with Gasteiger partial charge in [-0.25, -0.2) is 14.9 Å². The van der Waals surface area contributed by atoms with Gasteiger partial charge < -0.3 is 4.42 Å². The lowest BCUT2D eigenvalue weighted by molar-refractivity contribution is 0.0945. The summed E-state index contributed by atoms with van der Waals surface area (Å²) in [5, 5.41) is 7.93. The average Bonchev–Trinajstić information content (AvgIpc) is 3.05. The largest absolute Gasteiger partial charge is 0.460 e. The van der Waals surface area contributed by atoms with Crippen molar-refractivity contribution in [3.05, 3.63) is 46.9 Å². The molecule has 1 N–H and O–H groups in total. The third-order valence-electron chi connectivity index (χ3n) is 2.94. The van der Waals surface area contributed by atoms with Crippen LogP contribution >= 0.6 is 0 Å². The van der Waals surface area contributed by atoms with Gasteiger partial charge in [-0.05, 0) is 39.0 Å². The second-order valence-corrected chi connectivity index (χ2v) is 4.83. The van der Waals surface area contributed by atoms with Crippen molar-refractivity contribution in [3.8, 4) is 0 Å². The fraction of sp³-hybridized carbons (Fsp3) is 0.214. The number of hydrazone groups is 1. The second kappa shape index (κ2) is 5.40. The van der Waals surface area contributed by atoms with Gasteiger partial charge in [-0.2, -0.15) is 10.1 Å². The average molecular weight is 298 g/mol. The summed E-state index contributed by atoms with van der Waals surface area (Å²) in [5.74, 6) is 1.20. The summed E-state index contributed by atoms with van der Waals surface area (Å²) in [6, 6.07) is 5.43. The zero-order valence-corrected chi connectivity index (χ0v) is 12.4. The first-order valence-electron chi connectivity index (χ1n) is 6.64. The molecule has 0 aliphatic carbocycles. The zero-order chi connectivity index (χ0) is 15.7. The maximum atomic E-state index is 12.0. The van der Waals surface area contributed by atoms with Gasteiger partial charge >= 0.3 is 5.91 Å². The Bertz CT molecular complexity index is 877. The highest BCUT2D eigenvalue weighted by molar-refractivity contribution is 5.91. The third-order valence-corrected chi connectivity index (χ3v) is 2.94. The number of aryl methyl sites for hydroxylation is 3. The van der Waals surface area contributed by atoms with Crippen molar-refractivity contribution in [2.24, 2.45) is 5.10 Å². The molecule has 0 spiro atoms. The number of aromatic nitrogens is 4. The van der Waals surface area contributed by atoms with Crippen LogP contribution < -0.4 is 5.43 Å². The minimum absolute atomic E-state index is 0.00831. The molecular formula is C14H14N6O2. The lowest BCUT2D eigenvalue weighted by Gasteiger charge is -1.97. The Morgan fingerprint density at radius 3 is 2.86 bits per heavy atom. The summed E-state index contributed by atoms with van der Waals surface area (Å²) in [6.07, 6.45) is 1.41. The molecule has 3 aromatic heterocycles. The van der Waals surface area contributed by atoms with Crippen molar-refractivity contribution < 1.29 is 9.21 Å². The maximum Gasteiger partial charge on any atom is 0.311 e. The molecule has 0 aromatic carbocycles. The smallest absolute Gasteiger partial charge is 0.311 e. The number of hydrogen-bond donors (Lipinski definition) is 1. The van der Waals surface area contributed by atoms with E-state index in [1.54, 1.807) is 6.07 Å². The van der Waals surface area contributed by atoms with E-state index in [0.717, 1.165) is 17.1 Å². The SMILES string of the molecule is Cc1cc(C)n2nc(C(=O)N/N=C\c3ccc(C)o3)nc2n1. The van der Waals surface area contributed by atoms with E-state index < -0.39 is 5.91 Å². The number of fused-ring (bicyclic) bond motifs is 1. The van der Waals surface area contributed by atoms with Gasteiger partial charge in [0.05, 0.1) is 6.21 Å². The van der Waals surface area contributed by atoms with Crippen LogP contribution in [0.2, 0.25) is 0 Å². The van der Waals surface area contributed by atoms with Gasteiger partial charge in [-0.3, -0.25) is 4.79 Å². The van der Waals surface area contributed by atoms with Crippen LogP contribution in [0, 0.1) is 20.8 Å². The minimum Gasteiger partial charge on any atom is -0.460 e. The molecule has 0 saturated heterocycles. The molecule has 0 unspecified atom stereocenters. The summed E-state index contributed by atoms with van der Waals surface area (Å²) in [6.45, 7) is 5.56. The quantitative estimate of drug-likeness (QED) is 0.582. The molecule has 0 bridgehead atoms. The number of nitrogens with one attached hydrogen (secondary N) is 1. The molecule has 8 nitrogen and oxygen atoms in total. The van der Waals surface area contributed by atoms with Crippen molar-refractivity contribution >= 4 is 17.9 Å². The van der Waals surface area contributed by atoms with Crippen molar-refractivity contribution in [2.75, 3.05) is 0 Å². The zero-order valence-electron chi connectivity index (χ0n) is 12.4. The maximum absolute atomic E-state index is 12.0. The Morgan fingerprint density at radius 2 is 2.14 bits per heavy atom. The van der Waals surface area contributed by atoms with Crippen LogP contribution in [0.15, 0.2) is 27.7 Å². The molecule has 22 heavy (non-hydrogen) atoms. The number of nitrogens with zero attached hydrogens (tertiary/aromatic N) is 5. The van der Waals surface area contributed by atoms with Gasteiger partial charge in [0, 0.05) is 11.4 Å². The summed E-state index contributed by atoms with van der Waals surface area (Å²) in [4.78, 5) is 20.3. The molecule has 0 aliphatic heterocycles. The van der Waals surface area contributed by atoms with E-state index in [-0.39, 0.29) is 5.82 Å². The van der Waals surface area contributed by atoms with E-state index in [1.807, 2.05) is 32.9 Å².